The quantitative estimate of drug-likeness (QED) is 0.496. The van der Waals surface area contributed by atoms with Crippen LogP contribution >= 0.6 is 0 Å². The molecule has 0 aliphatic carbocycles. The van der Waals surface area contributed by atoms with E-state index in [0.29, 0.717) is 6.42 Å². The molecule has 0 aromatic heterocycles. The van der Waals surface area contributed by atoms with Crippen molar-refractivity contribution >= 4 is 57.4 Å². The van der Waals surface area contributed by atoms with E-state index in [0.717, 1.165) is 18.8 Å². The van der Waals surface area contributed by atoms with Crippen molar-refractivity contribution in [3.8, 4) is 0 Å². The molecular weight excluding hydrogens is 215 g/mol. The van der Waals surface area contributed by atoms with Crippen LogP contribution in [0, 0.1) is 5.92 Å². The van der Waals surface area contributed by atoms with Gasteiger partial charge in [0.05, 0.1) is 0 Å². The third kappa shape index (κ3) is 17.7. The Bertz CT molecular complexity index is 147. The fourth-order valence-electron chi connectivity index (χ4n) is 1.54. The molecule has 3 heteroatoms. The van der Waals surface area contributed by atoms with Crippen molar-refractivity contribution in [2.24, 2.45) is 5.92 Å². The first kappa shape index (κ1) is 18.5. The molecule has 0 saturated heterocycles. The predicted octanol–water partition coefficient (Wildman–Crippen LogP) is 3.20. The summed E-state index contributed by atoms with van der Waals surface area (Å²) in [5.74, 6) is 0.159. The Morgan fingerprint density at radius 1 is 1.00 bits per heavy atom. The second kappa shape index (κ2) is 13.2. The minimum atomic E-state index is -0.662. The van der Waals surface area contributed by atoms with E-state index in [1.54, 1.807) is 0 Å². The summed E-state index contributed by atoms with van der Waals surface area (Å²) < 4.78 is 0. The normalized spacial score (nSPS) is 10.1. The molecule has 0 rings (SSSR count). The number of hydrogen-bond donors (Lipinski definition) is 1. The first-order valence-electron chi connectivity index (χ1n) is 5.84. The van der Waals surface area contributed by atoms with Crippen LogP contribution in [-0.2, 0) is 4.79 Å². The van der Waals surface area contributed by atoms with Crippen molar-refractivity contribution in [2.75, 3.05) is 0 Å². The van der Waals surface area contributed by atoms with Gasteiger partial charge in [-0.1, -0.05) is 52.4 Å². The molecule has 2 nitrogen and oxygen atoms in total. The van der Waals surface area contributed by atoms with Crippen molar-refractivity contribution in [3.05, 3.63) is 0 Å². The molecule has 0 unspecified atom stereocenters. The van der Waals surface area contributed by atoms with E-state index in [2.05, 4.69) is 13.8 Å². The van der Waals surface area contributed by atoms with Gasteiger partial charge >= 0.3 is 57.4 Å². The minimum absolute atomic E-state index is 0. The molecule has 86 valence electrons. The molecule has 0 spiro atoms. The molecule has 0 radical (unpaired) electrons. The van der Waals surface area contributed by atoms with Gasteiger partial charge in [0.25, 0.3) is 0 Å². The van der Waals surface area contributed by atoms with E-state index >= 15 is 0 Å². The Morgan fingerprint density at radius 3 is 1.93 bits per heavy atom. The van der Waals surface area contributed by atoms with E-state index in [4.69, 9.17) is 5.11 Å². The zero-order chi connectivity index (χ0) is 10.8. The second-order valence-electron chi connectivity index (χ2n) is 4.45. The van der Waals surface area contributed by atoms with Crippen molar-refractivity contribution in [3.63, 3.8) is 0 Å². The van der Waals surface area contributed by atoms with Crippen molar-refractivity contribution in [2.45, 2.75) is 65.2 Å². The number of unbranched alkanes of at least 4 members (excludes halogenated alkanes) is 5. The van der Waals surface area contributed by atoms with Crippen molar-refractivity contribution < 1.29 is 9.90 Å². The molecule has 0 amide bonds. The van der Waals surface area contributed by atoms with Gasteiger partial charge in [-0.25, -0.2) is 0 Å². The van der Waals surface area contributed by atoms with Gasteiger partial charge in [0.15, 0.2) is 0 Å². The number of hydrogen-bond acceptors (Lipinski definition) is 1. The summed E-state index contributed by atoms with van der Waals surface area (Å²) in [6.07, 6.45) is 8.70. The number of aliphatic carboxylic acids is 1. The fourth-order valence-corrected chi connectivity index (χ4v) is 1.54. The molecule has 0 bridgehead atoms. The Labute approximate surface area is 137 Å². The average Bonchev–Trinajstić information content (AvgIpc) is 2.08. The van der Waals surface area contributed by atoms with E-state index in [9.17, 15) is 4.79 Å². The molecule has 0 aliphatic heterocycles. The molecule has 0 saturated carbocycles. The SMILES string of the molecule is CC(C)CCCCCCCCC(=O)O.[KH]. The number of rotatable bonds is 9. The Morgan fingerprint density at radius 2 is 1.47 bits per heavy atom. The maximum absolute atomic E-state index is 10.2. The van der Waals surface area contributed by atoms with Gasteiger partial charge in [0, 0.05) is 6.42 Å². The zero-order valence-corrected chi connectivity index (χ0v) is 9.59. The van der Waals surface area contributed by atoms with Crippen LogP contribution in [0.1, 0.15) is 65.2 Å². The number of carboxylic acids is 1. The molecule has 0 aromatic carbocycles. The van der Waals surface area contributed by atoms with Crippen LogP contribution in [0.25, 0.3) is 0 Å². The van der Waals surface area contributed by atoms with Gasteiger partial charge in [-0.3, -0.25) is 4.79 Å². The summed E-state index contributed by atoms with van der Waals surface area (Å²) >= 11 is 0. The Kier molecular flexibility index (Phi) is 16.2. The topological polar surface area (TPSA) is 37.3 Å². The molecular formula is C12H25KO2. The van der Waals surface area contributed by atoms with E-state index in [1.807, 2.05) is 0 Å². The summed E-state index contributed by atoms with van der Waals surface area (Å²) in [5, 5.41) is 8.42. The van der Waals surface area contributed by atoms with Crippen LogP contribution in [-0.4, -0.2) is 62.5 Å². The zero-order valence-electron chi connectivity index (χ0n) is 9.59. The molecule has 1 N–H and O–H groups in total. The summed E-state index contributed by atoms with van der Waals surface area (Å²) in [6, 6.07) is 0. The summed E-state index contributed by atoms with van der Waals surface area (Å²) in [6.45, 7) is 4.51. The molecule has 0 aliphatic rings. The Hall–Kier alpha value is 1.11. The molecule has 15 heavy (non-hydrogen) atoms. The first-order valence-corrected chi connectivity index (χ1v) is 5.84. The van der Waals surface area contributed by atoms with Gasteiger partial charge < -0.3 is 5.11 Å². The van der Waals surface area contributed by atoms with Gasteiger partial charge in [-0.2, -0.15) is 0 Å². The maximum atomic E-state index is 10.2. The molecule has 0 fully saturated rings. The predicted molar refractivity (Wildman–Crippen MR) is 66.6 cm³/mol. The van der Waals surface area contributed by atoms with Crippen LogP contribution in [0.4, 0.5) is 0 Å². The third-order valence-electron chi connectivity index (χ3n) is 2.42. The van der Waals surface area contributed by atoms with Crippen molar-refractivity contribution in [1.82, 2.24) is 0 Å². The molecule has 0 heterocycles. The van der Waals surface area contributed by atoms with Gasteiger partial charge in [-0.15, -0.1) is 0 Å². The van der Waals surface area contributed by atoms with E-state index < -0.39 is 5.97 Å². The van der Waals surface area contributed by atoms with Gasteiger partial charge in [0.2, 0.25) is 0 Å². The number of carboxylic acid groups (broad SMARTS) is 1. The average molecular weight is 240 g/mol. The number of carbonyl (C=O) groups is 1. The van der Waals surface area contributed by atoms with Crippen molar-refractivity contribution in [1.29, 1.82) is 0 Å². The van der Waals surface area contributed by atoms with Crippen LogP contribution in [0.3, 0.4) is 0 Å². The summed E-state index contributed by atoms with van der Waals surface area (Å²) in [5.41, 5.74) is 0. The monoisotopic (exact) mass is 240 g/mol. The van der Waals surface area contributed by atoms with Gasteiger partial charge in [0.1, 0.15) is 0 Å². The van der Waals surface area contributed by atoms with E-state index in [1.165, 1.54) is 32.1 Å². The van der Waals surface area contributed by atoms with Gasteiger partial charge in [-0.05, 0) is 12.3 Å². The summed E-state index contributed by atoms with van der Waals surface area (Å²) in [7, 11) is 0. The standard InChI is InChI=1S/C12H24O2.K.H/c1-11(2)9-7-5-3-4-6-8-10-12(13)14;;/h11H,3-10H2,1-2H3,(H,13,14);;. The molecule has 0 aromatic rings. The third-order valence-corrected chi connectivity index (χ3v) is 2.42. The Balaban J connectivity index is 0. The van der Waals surface area contributed by atoms with Crippen LogP contribution in [0.2, 0.25) is 0 Å². The van der Waals surface area contributed by atoms with Crippen LogP contribution in [0.15, 0.2) is 0 Å². The summed E-state index contributed by atoms with van der Waals surface area (Å²) in [4.78, 5) is 10.2. The van der Waals surface area contributed by atoms with E-state index in [-0.39, 0.29) is 51.4 Å². The molecule has 0 atom stereocenters. The second-order valence-corrected chi connectivity index (χ2v) is 4.45. The van der Waals surface area contributed by atoms with Crippen LogP contribution in [0.5, 0.6) is 0 Å². The fraction of sp³-hybridized carbons (Fsp3) is 0.917. The van der Waals surface area contributed by atoms with Crippen LogP contribution < -0.4 is 0 Å². The first-order chi connectivity index (χ1) is 6.63.